The number of fused-ring (bicyclic) bond motifs is 2. The van der Waals surface area contributed by atoms with Crippen LogP contribution in [0.15, 0.2) is 36.4 Å². The molecule has 1 saturated heterocycles. The highest BCUT2D eigenvalue weighted by Gasteiger charge is 2.33. The van der Waals surface area contributed by atoms with Crippen molar-refractivity contribution in [1.82, 2.24) is 5.01 Å². The molecule has 0 aromatic heterocycles. The van der Waals surface area contributed by atoms with Gasteiger partial charge in [-0.1, -0.05) is 13.3 Å². The molecule has 1 fully saturated rings. The van der Waals surface area contributed by atoms with E-state index in [0.717, 1.165) is 42.9 Å². The summed E-state index contributed by atoms with van der Waals surface area (Å²) in [5.41, 5.74) is 4.73. The second-order valence-corrected chi connectivity index (χ2v) is 8.12. The summed E-state index contributed by atoms with van der Waals surface area (Å²) in [4.78, 5) is 12.6. The Kier molecular flexibility index (Phi) is 4.95. The van der Waals surface area contributed by atoms with Gasteiger partial charge in [-0.25, -0.2) is 9.40 Å². The van der Waals surface area contributed by atoms with E-state index in [1.807, 2.05) is 6.07 Å². The van der Waals surface area contributed by atoms with E-state index in [9.17, 15) is 9.18 Å². The van der Waals surface area contributed by atoms with E-state index in [2.05, 4.69) is 34.4 Å². The number of carbonyl (C=O) groups is 1. The lowest BCUT2D eigenvalue weighted by molar-refractivity contribution is -0.110. The molecule has 6 heteroatoms. The molecule has 5 rings (SSSR count). The molecule has 0 spiro atoms. The van der Waals surface area contributed by atoms with Crippen molar-refractivity contribution in [2.75, 3.05) is 30.0 Å². The van der Waals surface area contributed by atoms with Gasteiger partial charge in [-0.05, 0) is 55.7 Å². The Labute approximate surface area is 176 Å². The molecular formula is C24H26FN3O2. The van der Waals surface area contributed by atoms with Crippen LogP contribution in [0.25, 0.3) is 11.3 Å². The Bertz CT molecular complexity index is 1030. The number of hydrazine groups is 1. The van der Waals surface area contributed by atoms with Crippen LogP contribution < -0.4 is 10.3 Å². The van der Waals surface area contributed by atoms with Crippen molar-refractivity contribution in [2.45, 2.75) is 39.2 Å². The van der Waals surface area contributed by atoms with Gasteiger partial charge in [0.25, 0.3) is 5.91 Å². The van der Waals surface area contributed by atoms with Crippen molar-refractivity contribution >= 4 is 28.6 Å². The first-order valence-electron chi connectivity index (χ1n) is 10.8. The molecular weight excluding hydrogens is 381 g/mol. The quantitative estimate of drug-likeness (QED) is 0.740. The lowest BCUT2D eigenvalue weighted by atomic mass is 10.00. The minimum absolute atomic E-state index is 0.247. The zero-order valence-electron chi connectivity index (χ0n) is 17.2. The molecule has 3 heterocycles. The maximum atomic E-state index is 13.8. The molecule has 0 saturated carbocycles. The summed E-state index contributed by atoms with van der Waals surface area (Å²) in [5.74, 6) is -0.0736. The average molecular weight is 407 g/mol. The van der Waals surface area contributed by atoms with Crippen LogP contribution in [0.2, 0.25) is 0 Å². The van der Waals surface area contributed by atoms with Crippen molar-refractivity contribution in [1.29, 1.82) is 0 Å². The topological polar surface area (TPSA) is 44.8 Å². The van der Waals surface area contributed by atoms with E-state index >= 15 is 0 Å². The molecule has 1 N–H and O–H groups in total. The molecule has 156 valence electrons. The van der Waals surface area contributed by atoms with E-state index in [-0.39, 0.29) is 11.7 Å². The number of nitrogens with one attached hydrogen (secondary N) is 1. The molecule has 0 radical (unpaired) electrons. The van der Waals surface area contributed by atoms with Crippen LogP contribution in [0.4, 0.5) is 15.8 Å². The van der Waals surface area contributed by atoms with Crippen LogP contribution in [-0.4, -0.2) is 30.6 Å². The summed E-state index contributed by atoms with van der Waals surface area (Å²) >= 11 is 0. The number of benzene rings is 2. The van der Waals surface area contributed by atoms with Crippen LogP contribution >= 0.6 is 0 Å². The number of carbonyl (C=O) groups excluding carboxylic acids is 1. The lowest BCUT2D eigenvalue weighted by Gasteiger charge is -2.39. The summed E-state index contributed by atoms with van der Waals surface area (Å²) in [6.07, 6.45) is 4.84. The highest BCUT2D eigenvalue weighted by Crippen LogP contribution is 2.42. The van der Waals surface area contributed by atoms with Gasteiger partial charge >= 0.3 is 0 Å². The van der Waals surface area contributed by atoms with Gasteiger partial charge in [0.2, 0.25) is 0 Å². The van der Waals surface area contributed by atoms with E-state index < -0.39 is 0 Å². The largest absolute Gasteiger partial charge is 0.487 e. The number of hydrogen-bond acceptors (Lipinski definition) is 4. The monoisotopic (exact) mass is 407 g/mol. The standard InChI is InChI=1S/C24H26FN3O2/c1-2-10-28(27-11-4-3-5-12-27)18-7-8-19-16(13-18)15-30-23(19)22-20-14-17(25)6-9-21(20)26-24(22)29/h6-9,13-14H,2-5,10-12,15H2,1H3,(H,26,29). The van der Waals surface area contributed by atoms with Gasteiger partial charge in [0.05, 0.1) is 11.3 Å². The molecule has 30 heavy (non-hydrogen) atoms. The number of ether oxygens (including phenoxy) is 1. The highest BCUT2D eigenvalue weighted by molar-refractivity contribution is 6.36. The maximum absolute atomic E-state index is 13.8. The molecule has 2 aromatic rings. The average Bonchev–Trinajstić information content (AvgIpc) is 3.31. The molecule has 3 aliphatic rings. The van der Waals surface area contributed by atoms with Crippen molar-refractivity contribution in [3.8, 4) is 0 Å². The smallest absolute Gasteiger partial charge is 0.260 e. The van der Waals surface area contributed by atoms with E-state index in [4.69, 9.17) is 4.74 Å². The first-order valence-corrected chi connectivity index (χ1v) is 10.8. The molecule has 2 aromatic carbocycles. The number of rotatable bonds is 4. The third kappa shape index (κ3) is 3.25. The predicted molar refractivity (Wildman–Crippen MR) is 116 cm³/mol. The van der Waals surface area contributed by atoms with Gasteiger partial charge in [0.15, 0.2) is 0 Å². The molecule has 0 aliphatic carbocycles. The van der Waals surface area contributed by atoms with Gasteiger partial charge in [-0.2, -0.15) is 0 Å². The minimum atomic E-state index is -0.367. The van der Waals surface area contributed by atoms with Gasteiger partial charge in [0.1, 0.15) is 18.2 Å². The zero-order chi connectivity index (χ0) is 20.7. The molecule has 0 bridgehead atoms. The van der Waals surface area contributed by atoms with Crippen molar-refractivity contribution in [2.24, 2.45) is 0 Å². The van der Waals surface area contributed by atoms with Crippen LogP contribution in [-0.2, 0) is 16.1 Å². The zero-order valence-corrected chi connectivity index (χ0v) is 17.2. The van der Waals surface area contributed by atoms with Crippen molar-refractivity contribution < 1.29 is 13.9 Å². The SMILES string of the molecule is CCCN(c1ccc2c(c1)COC2=C1C(=O)Nc2ccc(F)cc21)N1CCCCC1. The third-order valence-electron chi connectivity index (χ3n) is 6.07. The Hall–Kier alpha value is -2.86. The van der Waals surface area contributed by atoms with Gasteiger partial charge in [-0.15, -0.1) is 0 Å². The number of anilines is 2. The normalized spacial score (nSPS) is 20.5. The van der Waals surface area contributed by atoms with Gasteiger partial charge in [0, 0.05) is 42.0 Å². The number of nitrogens with zero attached hydrogens (tertiary/aromatic N) is 2. The Balaban J connectivity index is 1.52. The predicted octanol–water partition coefficient (Wildman–Crippen LogP) is 4.79. The summed E-state index contributed by atoms with van der Waals surface area (Å²) in [6.45, 7) is 5.77. The third-order valence-corrected chi connectivity index (χ3v) is 6.07. The highest BCUT2D eigenvalue weighted by atomic mass is 19.1. The molecule has 0 unspecified atom stereocenters. The van der Waals surface area contributed by atoms with Gasteiger partial charge < -0.3 is 15.1 Å². The van der Waals surface area contributed by atoms with Crippen molar-refractivity contribution in [3.05, 3.63) is 58.9 Å². The van der Waals surface area contributed by atoms with E-state index in [1.54, 1.807) is 6.07 Å². The summed E-state index contributed by atoms with van der Waals surface area (Å²) in [6, 6.07) is 10.7. The maximum Gasteiger partial charge on any atom is 0.260 e. The summed E-state index contributed by atoms with van der Waals surface area (Å²) in [7, 11) is 0. The first-order chi connectivity index (χ1) is 14.7. The van der Waals surface area contributed by atoms with Crippen LogP contribution in [0.3, 0.4) is 0 Å². The first kappa shape index (κ1) is 19.1. The Morgan fingerprint density at radius 2 is 1.93 bits per heavy atom. The van der Waals surface area contributed by atoms with Crippen molar-refractivity contribution in [3.63, 3.8) is 0 Å². The van der Waals surface area contributed by atoms with Crippen LogP contribution in [0.1, 0.15) is 49.3 Å². The molecule has 1 amide bonds. The number of halogens is 1. The fourth-order valence-electron chi connectivity index (χ4n) is 4.65. The van der Waals surface area contributed by atoms with E-state index in [1.165, 1.54) is 31.4 Å². The second kappa shape index (κ2) is 7.76. The lowest BCUT2D eigenvalue weighted by Crippen LogP contribution is -2.46. The summed E-state index contributed by atoms with van der Waals surface area (Å²) < 4.78 is 19.8. The van der Waals surface area contributed by atoms with E-state index in [0.29, 0.717) is 29.2 Å². The fourth-order valence-corrected chi connectivity index (χ4v) is 4.65. The fraction of sp³-hybridized carbons (Fsp3) is 0.375. The van der Waals surface area contributed by atoms with Gasteiger partial charge in [-0.3, -0.25) is 4.79 Å². The summed E-state index contributed by atoms with van der Waals surface area (Å²) in [5, 5.41) is 7.65. The minimum Gasteiger partial charge on any atom is -0.487 e. The number of piperidine rings is 1. The second-order valence-electron chi connectivity index (χ2n) is 8.12. The number of hydrogen-bond donors (Lipinski definition) is 1. The molecule has 5 nitrogen and oxygen atoms in total. The molecule has 3 aliphatic heterocycles. The van der Waals surface area contributed by atoms with Crippen LogP contribution in [0.5, 0.6) is 0 Å². The Morgan fingerprint density at radius 1 is 1.10 bits per heavy atom. The Morgan fingerprint density at radius 3 is 2.73 bits per heavy atom. The molecule has 0 atom stereocenters. The van der Waals surface area contributed by atoms with Crippen LogP contribution in [0, 0.1) is 5.82 Å². The number of amides is 1.